The van der Waals surface area contributed by atoms with Crippen molar-refractivity contribution in [3.05, 3.63) is 59.5 Å². The van der Waals surface area contributed by atoms with Gasteiger partial charge in [0.05, 0.1) is 18.9 Å². The fraction of sp³-hybridized carbons (Fsp3) is 0.214. The summed E-state index contributed by atoms with van der Waals surface area (Å²) in [4.78, 5) is 10.9. The topological polar surface area (TPSA) is 82.7 Å². The standard InChI is InChI=1S/C14H15NO4/c16-12(10-4-2-1-3-5-10)8-15-9-13-11(14(17)18)6-7-19-13/h1-7,12,15-16H,8-9H2,(H,17,18). The summed E-state index contributed by atoms with van der Waals surface area (Å²) in [5.74, 6) is -0.665. The molecule has 2 rings (SSSR count). The number of carboxylic acids is 1. The lowest BCUT2D eigenvalue weighted by Crippen LogP contribution is -2.21. The molecular formula is C14H15NO4. The summed E-state index contributed by atoms with van der Waals surface area (Å²) >= 11 is 0. The van der Waals surface area contributed by atoms with Crippen LogP contribution < -0.4 is 5.32 Å². The molecule has 0 amide bonds. The van der Waals surface area contributed by atoms with Gasteiger partial charge in [-0.2, -0.15) is 0 Å². The Hall–Kier alpha value is -2.11. The number of hydrogen-bond donors (Lipinski definition) is 3. The van der Waals surface area contributed by atoms with Crippen molar-refractivity contribution in [1.82, 2.24) is 5.32 Å². The number of nitrogens with one attached hydrogen (secondary N) is 1. The highest BCUT2D eigenvalue weighted by atomic mass is 16.4. The SMILES string of the molecule is O=C(O)c1ccoc1CNCC(O)c1ccccc1. The molecule has 0 saturated heterocycles. The Morgan fingerprint density at radius 2 is 2.00 bits per heavy atom. The maximum absolute atomic E-state index is 10.9. The Labute approximate surface area is 110 Å². The highest BCUT2D eigenvalue weighted by Gasteiger charge is 2.13. The van der Waals surface area contributed by atoms with Crippen molar-refractivity contribution in [1.29, 1.82) is 0 Å². The number of carbonyl (C=O) groups is 1. The summed E-state index contributed by atoms with van der Waals surface area (Å²) in [5, 5.41) is 21.8. The lowest BCUT2D eigenvalue weighted by atomic mass is 10.1. The molecule has 0 bridgehead atoms. The third-order valence-electron chi connectivity index (χ3n) is 2.78. The number of hydrogen-bond acceptors (Lipinski definition) is 4. The Morgan fingerprint density at radius 3 is 2.68 bits per heavy atom. The lowest BCUT2D eigenvalue weighted by molar-refractivity contribution is 0.0694. The highest BCUT2D eigenvalue weighted by Crippen LogP contribution is 2.13. The van der Waals surface area contributed by atoms with Crippen LogP contribution >= 0.6 is 0 Å². The molecule has 0 spiro atoms. The number of rotatable bonds is 6. The number of aliphatic hydroxyl groups is 1. The second kappa shape index (κ2) is 6.17. The first-order valence-corrected chi connectivity index (χ1v) is 5.92. The first kappa shape index (κ1) is 13.3. The summed E-state index contributed by atoms with van der Waals surface area (Å²) in [6.45, 7) is 0.586. The average molecular weight is 261 g/mol. The van der Waals surface area contributed by atoms with Crippen LogP contribution in [0, 0.1) is 0 Å². The van der Waals surface area contributed by atoms with Crippen LogP contribution in [0.2, 0.25) is 0 Å². The number of furan rings is 1. The summed E-state index contributed by atoms with van der Waals surface area (Å²) in [6.07, 6.45) is 0.707. The zero-order valence-corrected chi connectivity index (χ0v) is 10.2. The van der Waals surface area contributed by atoms with Crippen LogP contribution in [0.15, 0.2) is 47.1 Å². The Bertz CT molecular complexity index is 535. The van der Waals surface area contributed by atoms with E-state index in [1.165, 1.54) is 12.3 Å². The van der Waals surface area contributed by atoms with E-state index in [1.807, 2.05) is 30.3 Å². The minimum Gasteiger partial charge on any atom is -0.478 e. The molecule has 5 nitrogen and oxygen atoms in total. The van der Waals surface area contributed by atoms with Crippen LogP contribution in [0.5, 0.6) is 0 Å². The number of carboxylic acid groups (broad SMARTS) is 1. The molecular weight excluding hydrogens is 246 g/mol. The molecule has 1 unspecified atom stereocenters. The van der Waals surface area contributed by atoms with E-state index in [4.69, 9.17) is 9.52 Å². The Morgan fingerprint density at radius 1 is 1.26 bits per heavy atom. The van der Waals surface area contributed by atoms with Crippen molar-refractivity contribution in [3.8, 4) is 0 Å². The van der Waals surface area contributed by atoms with Crippen LogP contribution in [0.25, 0.3) is 0 Å². The third-order valence-corrected chi connectivity index (χ3v) is 2.78. The molecule has 19 heavy (non-hydrogen) atoms. The van der Waals surface area contributed by atoms with Crippen molar-refractivity contribution < 1.29 is 19.4 Å². The third kappa shape index (κ3) is 3.43. The largest absolute Gasteiger partial charge is 0.478 e. The van der Waals surface area contributed by atoms with Crippen molar-refractivity contribution in [2.24, 2.45) is 0 Å². The number of aromatic carboxylic acids is 1. The highest BCUT2D eigenvalue weighted by molar-refractivity contribution is 5.88. The molecule has 0 aliphatic rings. The van der Waals surface area contributed by atoms with E-state index < -0.39 is 12.1 Å². The van der Waals surface area contributed by atoms with Gasteiger partial charge < -0.3 is 19.9 Å². The van der Waals surface area contributed by atoms with E-state index in [0.29, 0.717) is 12.3 Å². The fourth-order valence-corrected chi connectivity index (χ4v) is 1.78. The van der Waals surface area contributed by atoms with E-state index >= 15 is 0 Å². The molecule has 1 aromatic heterocycles. The minimum atomic E-state index is -1.02. The summed E-state index contributed by atoms with van der Waals surface area (Å²) in [6, 6.07) is 10.7. The van der Waals surface area contributed by atoms with Crippen molar-refractivity contribution in [2.45, 2.75) is 12.6 Å². The first-order chi connectivity index (χ1) is 9.18. The molecule has 0 aliphatic heterocycles. The van der Waals surface area contributed by atoms with Gasteiger partial charge >= 0.3 is 5.97 Å². The molecule has 0 saturated carbocycles. The van der Waals surface area contributed by atoms with Gasteiger partial charge in [-0.3, -0.25) is 0 Å². The molecule has 0 radical (unpaired) electrons. The van der Waals surface area contributed by atoms with Gasteiger partial charge in [0.15, 0.2) is 0 Å². The second-order valence-electron chi connectivity index (χ2n) is 4.12. The molecule has 2 aromatic rings. The first-order valence-electron chi connectivity index (χ1n) is 5.92. The van der Waals surface area contributed by atoms with Gasteiger partial charge in [-0.25, -0.2) is 4.79 Å². The van der Waals surface area contributed by atoms with Crippen LogP contribution in [0.3, 0.4) is 0 Å². The second-order valence-corrected chi connectivity index (χ2v) is 4.12. The molecule has 1 heterocycles. The van der Waals surface area contributed by atoms with Gasteiger partial charge in [0.25, 0.3) is 0 Å². The van der Waals surface area contributed by atoms with Gasteiger partial charge in [-0.1, -0.05) is 30.3 Å². The molecule has 1 atom stereocenters. The van der Waals surface area contributed by atoms with E-state index in [-0.39, 0.29) is 12.1 Å². The quantitative estimate of drug-likeness (QED) is 0.738. The van der Waals surface area contributed by atoms with Gasteiger partial charge in [0.2, 0.25) is 0 Å². The van der Waals surface area contributed by atoms with Gasteiger partial charge in [-0.05, 0) is 11.6 Å². The normalized spacial score (nSPS) is 12.3. The monoisotopic (exact) mass is 261 g/mol. The van der Waals surface area contributed by atoms with E-state index in [0.717, 1.165) is 5.56 Å². The minimum absolute atomic E-state index is 0.140. The molecule has 3 N–H and O–H groups in total. The Kier molecular flexibility index (Phi) is 4.33. The van der Waals surface area contributed by atoms with Gasteiger partial charge in [0, 0.05) is 6.54 Å². The maximum Gasteiger partial charge on any atom is 0.339 e. The smallest absolute Gasteiger partial charge is 0.339 e. The van der Waals surface area contributed by atoms with Crippen LogP contribution in [-0.4, -0.2) is 22.7 Å². The van der Waals surface area contributed by atoms with Crippen molar-refractivity contribution in [3.63, 3.8) is 0 Å². The van der Waals surface area contributed by atoms with Crippen molar-refractivity contribution >= 4 is 5.97 Å². The molecule has 0 aliphatic carbocycles. The van der Waals surface area contributed by atoms with E-state index in [2.05, 4.69) is 5.32 Å². The van der Waals surface area contributed by atoms with Crippen molar-refractivity contribution in [2.75, 3.05) is 6.54 Å². The molecule has 1 aromatic carbocycles. The maximum atomic E-state index is 10.9. The zero-order valence-electron chi connectivity index (χ0n) is 10.2. The number of benzene rings is 1. The van der Waals surface area contributed by atoms with Gasteiger partial charge in [-0.15, -0.1) is 0 Å². The average Bonchev–Trinajstić information content (AvgIpc) is 2.88. The zero-order chi connectivity index (χ0) is 13.7. The van der Waals surface area contributed by atoms with Crippen LogP contribution in [0.1, 0.15) is 27.8 Å². The number of aliphatic hydroxyl groups excluding tert-OH is 1. The van der Waals surface area contributed by atoms with E-state index in [1.54, 1.807) is 0 Å². The Balaban J connectivity index is 1.87. The molecule has 5 heteroatoms. The predicted octanol–water partition coefficient (Wildman–Crippen LogP) is 1.80. The summed E-state index contributed by atoms with van der Waals surface area (Å²) < 4.78 is 5.09. The summed E-state index contributed by atoms with van der Waals surface area (Å²) in [7, 11) is 0. The van der Waals surface area contributed by atoms with E-state index in [9.17, 15) is 9.90 Å². The van der Waals surface area contributed by atoms with Gasteiger partial charge in [0.1, 0.15) is 11.3 Å². The molecule has 0 fully saturated rings. The fourth-order valence-electron chi connectivity index (χ4n) is 1.78. The van der Waals surface area contributed by atoms with Crippen LogP contribution in [-0.2, 0) is 6.54 Å². The van der Waals surface area contributed by atoms with Crippen LogP contribution in [0.4, 0.5) is 0 Å². The summed E-state index contributed by atoms with van der Waals surface area (Å²) in [5.41, 5.74) is 0.953. The molecule has 100 valence electrons. The predicted molar refractivity (Wildman–Crippen MR) is 68.8 cm³/mol. The lowest BCUT2D eigenvalue weighted by Gasteiger charge is -2.11.